The van der Waals surface area contributed by atoms with Gasteiger partial charge < -0.3 is 0 Å². The third-order valence-corrected chi connectivity index (χ3v) is 6.56. The lowest BCUT2D eigenvalue weighted by molar-refractivity contribution is 0.0985. The molecule has 0 aliphatic heterocycles. The molecule has 7 heteroatoms. The molecule has 2 heterocycles. The van der Waals surface area contributed by atoms with Gasteiger partial charge in [-0.15, -0.1) is 0 Å². The first-order chi connectivity index (χ1) is 14.8. The SMILES string of the molecule is Cc1cc(C)n(CCN(C(=O)c2ccc(Cl)cc2)c2nc3c(C(C)C)cccc3s2)n1. The van der Waals surface area contributed by atoms with E-state index in [4.69, 9.17) is 16.6 Å². The van der Waals surface area contributed by atoms with Crippen molar-refractivity contribution in [1.29, 1.82) is 0 Å². The molecule has 160 valence electrons. The van der Waals surface area contributed by atoms with Gasteiger partial charge in [0.1, 0.15) is 0 Å². The number of hydrogen-bond donors (Lipinski definition) is 0. The minimum Gasteiger partial charge on any atom is -0.282 e. The lowest BCUT2D eigenvalue weighted by Crippen LogP contribution is -2.34. The minimum atomic E-state index is -0.0941. The Labute approximate surface area is 191 Å². The molecule has 0 spiro atoms. The van der Waals surface area contributed by atoms with E-state index in [-0.39, 0.29) is 5.91 Å². The largest absolute Gasteiger partial charge is 0.282 e. The van der Waals surface area contributed by atoms with Crippen LogP contribution in [0.5, 0.6) is 0 Å². The molecule has 31 heavy (non-hydrogen) atoms. The van der Waals surface area contributed by atoms with Crippen LogP contribution in [0.3, 0.4) is 0 Å². The molecule has 5 nitrogen and oxygen atoms in total. The van der Waals surface area contributed by atoms with Crippen LogP contribution in [-0.4, -0.2) is 27.2 Å². The fraction of sp³-hybridized carbons (Fsp3) is 0.292. The standard InChI is InChI=1S/C24H25ClN4OS/c1-15(2)20-6-5-7-21-22(20)26-24(31-21)28(12-13-29-17(4)14-16(3)27-29)23(30)18-8-10-19(25)11-9-18/h5-11,14-15H,12-13H2,1-4H3. The molecule has 0 saturated carbocycles. The summed E-state index contributed by atoms with van der Waals surface area (Å²) >= 11 is 7.57. The predicted molar refractivity (Wildman–Crippen MR) is 129 cm³/mol. The Morgan fingerprint density at radius 1 is 1.16 bits per heavy atom. The molecule has 0 bridgehead atoms. The van der Waals surface area contributed by atoms with E-state index in [1.807, 2.05) is 24.6 Å². The van der Waals surface area contributed by atoms with Gasteiger partial charge in [-0.2, -0.15) is 5.10 Å². The van der Waals surface area contributed by atoms with Crippen LogP contribution in [0.1, 0.15) is 47.1 Å². The molecule has 0 unspecified atom stereocenters. The Balaban J connectivity index is 1.73. The Morgan fingerprint density at radius 2 is 1.90 bits per heavy atom. The van der Waals surface area contributed by atoms with Crippen LogP contribution in [0.25, 0.3) is 10.2 Å². The number of thiazole rings is 1. The van der Waals surface area contributed by atoms with Crippen LogP contribution in [0, 0.1) is 13.8 Å². The van der Waals surface area contributed by atoms with E-state index < -0.39 is 0 Å². The van der Waals surface area contributed by atoms with Crippen LogP contribution in [0.4, 0.5) is 5.13 Å². The number of nitrogens with zero attached hydrogens (tertiary/aromatic N) is 4. The maximum Gasteiger partial charge on any atom is 0.260 e. The summed E-state index contributed by atoms with van der Waals surface area (Å²) in [5.41, 5.74) is 4.79. The first-order valence-electron chi connectivity index (χ1n) is 10.3. The summed E-state index contributed by atoms with van der Waals surface area (Å²) in [7, 11) is 0. The third kappa shape index (κ3) is 4.50. The number of aromatic nitrogens is 3. The number of halogens is 1. The van der Waals surface area contributed by atoms with Crippen molar-refractivity contribution < 1.29 is 4.79 Å². The molecule has 0 aliphatic rings. The van der Waals surface area contributed by atoms with E-state index in [9.17, 15) is 4.79 Å². The van der Waals surface area contributed by atoms with Crippen LogP contribution < -0.4 is 4.90 Å². The van der Waals surface area contributed by atoms with Gasteiger partial charge in [-0.1, -0.05) is 48.9 Å². The van der Waals surface area contributed by atoms with Gasteiger partial charge in [0.2, 0.25) is 0 Å². The van der Waals surface area contributed by atoms with Gasteiger partial charge >= 0.3 is 0 Å². The maximum atomic E-state index is 13.5. The second-order valence-electron chi connectivity index (χ2n) is 7.96. The second-order valence-corrected chi connectivity index (χ2v) is 9.40. The van der Waals surface area contributed by atoms with Gasteiger partial charge in [0.05, 0.1) is 22.5 Å². The van der Waals surface area contributed by atoms with Crippen molar-refractivity contribution in [3.8, 4) is 0 Å². The van der Waals surface area contributed by atoms with E-state index in [0.29, 0.717) is 34.7 Å². The van der Waals surface area contributed by atoms with Gasteiger partial charge in [-0.25, -0.2) is 4.98 Å². The van der Waals surface area contributed by atoms with E-state index in [1.165, 1.54) is 5.56 Å². The number of carbonyl (C=O) groups is 1. The molecule has 0 fully saturated rings. The molecule has 0 saturated heterocycles. The van der Waals surface area contributed by atoms with Crippen molar-refractivity contribution in [1.82, 2.24) is 14.8 Å². The molecule has 0 radical (unpaired) electrons. The van der Waals surface area contributed by atoms with Gasteiger partial charge in [-0.05, 0) is 61.7 Å². The fourth-order valence-corrected chi connectivity index (χ4v) is 4.82. The quantitative estimate of drug-likeness (QED) is 0.348. The Hall–Kier alpha value is -2.70. The number of para-hydroxylation sites is 1. The smallest absolute Gasteiger partial charge is 0.260 e. The van der Waals surface area contributed by atoms with E-state index >= 15 is 0 Å². The van der Waals surface area contributed by atoms with Crippen molar-refractivity contribution in [3.63, 3.8) is 0 Å². The summed E-state index contributed by atoms with van der Waals surface area (Å²) < 4.78 is 3.02. The van der Waals surface area contributed by atoms with E-state index in [0.717, 1.165) is 21.6 Å². The molecule has 1 amide bonds. The summed E-state index contributed by atoms with van der Waals surface area (Å²) in [6, 6.07) is 15.3. The van der Waals surface area contributed by atoms with Crippen LogP contribution in [-0.2, 0) is 6.54 Å². The van der Waals surface area contributed by atoms with Crippen molar-refractivity contribution in [2.75, 3.05) is 11.4 Å². The number of amides is 1. The molecule has 0 N–H and O–H groups in total. The van der Waals surface area contributed by atoms with Crippen LogP contribution >= 0.6 is 22.9 Å². The highest BCUT2D eigenvalue weighted by Crippen LogP contribution is 2.34. The first kappa shape index (κ1) is 21.5. The molecule has 4 aromatic rings. The Morgan fingerprint density at radius 3 is 2.55 bits per heavy atom. The van der Waals surface area contributed by atoms with Crippen molar-refractivity contribution in [2.45, 2.75) is 40.2 Å². The Kier molecular flexibility index (Phi) is 6.12. The van der Waals surface area contributed by atoms with E-state index in [2.05, 4.69) is 37.1 Å². The normalized spacial score (nSPS) is 11.4. The number of rotatable bonds is 6. The monoisotopic (exact) mass is 452 g/mol. The van der Waals surface area contributed by atoms with Gasteiger partial charge in [0, 0.05) is 22.8 Å². The number of hydrogen-bond acceptors (Lipinski definition) is 4. The highest BCUT2D eigenvalue weighted by molar-refractivity contribution is 7.22. The summed E-state index contributed by atoms with van der Waals surface area (Å²) in [5.74, 6) is 0.261. The second kappa shape index (κ2) is 8.81. The molecule has 2 aromatic carbocycles. The third-order valence-electron chi connectivity index (χ3n) is 5.27. The maximum absolute atomic E-state index is 13.5. The topological polar surface area (TPSA) is 51.0 Å². The highest BCUT2D eigenvalue weighted by atomic mass is 35.5. The van der Waals surface area contributed by atoms with E-state index in [1.54, 1.807) is 40.5 Å². The van der Waals surface area contributed by atoms with Gasteiger partial charge in [-0.3, -0.25) is 14.4 Å². The zero-order chi connectivity index (χ0) is 22.1. The molecule has 4 rings (SSSR count). The van der Waals surface area contributed by atoms with Crippen molar-refractivity contribution in [2.24, 2.45) is 0 Å². The number of aryl methyl sites for hydroxylation is 2. The zero-order valence-corrected chi connectivity index (χ0v) is 19.7. The summed E-state index contributed by atoms with van der Waals surface area (Å²) in [6.45, 7) is 9.38. The first-order valence-corrected chi connectivity index (χ1v) is 11.5. The van der Waals surface area contributed by atoms with Crippen molar-refractivity contribution in [3.05, 3.63) is 76.1 Å². The van der Waals surface area contributed by atoms with Gasteiger partial charge in [0.25, 0.3) is 5.91 Å². The summed E-state index contributed by atoms with van der Waals surface area (Å²) in [5, 5.41) is 5.85. The zero-order valence-electron chi connectivity index (χ0n) is 18.1. The number of benzene rings is 2. The molecule has 0 atom stereocenters. The van der Waals surface area contributed by atoms with Crippen LogP contribution in [0.2, 0.25) is 5.02 Å². The molecule has 2 aromatic heterocycles. The summed E-state index contributed by atoms with van der Waals surface area (Å²) in [4.78, 5) is 20.1. The van der Waals surface area contributed by atoms with Gasteiger partial charge in [0.15, 0.2) is 5.13 Å². The average molecular weight is 453 g/mol. The average Bonchev–Trinajstić information content (AvgIpc) is 3.30. The minimum absolute atomic E-state index is 0.0941. The summed E-state index contributed by atoms with van der Waals surface area (Å²) in [6.07, 6.45) is 0. The lowest BCUT2D eigenvalue weighted by Gasteiger charge is -2.20. The van der Waals surface area contributed by atoms with Crippen molar-refractivity contribution >= 4 is 44.2 Å². The molecule has 0 aliphatic carbocycles. The number of anilines is 1. The lowest BCUT2D eigenvalue weighted by atomic mass is 10.0. The predicted octanol–water partition coefficient (Wildman–Crippen LogP) is 6.23. The highest BCUT2D eigenvalue weighted by Gasteiger charge is 2.23. The number of carbonyl (C=O) groups excluding carboxylic acids is 1. The number of fused-ring (bicyclic) bond motifs is 1. The molecular weight excluding hydrogens is 428 g/mol. The molecular formula is C24H25ClN4OS. The fourth-order valence-electron chi connectivity index (χ4n) is 3.67. The van der Waals surface area contributed by atoms with Crippen LogP contribution in [0.15, 0.2) is 48.5 Å². The Bertz CT molecular complexity index is 1230.